The summed E-state index contributed by atoms with van der Waals surface area (Å²) in [5.74, 6) is -0.584. The van der Waals surface area contributed by atoms with Gasteiger partial charge in [0.15, 0.2) is 6.61 Å². The van der Waals surface area contributed by atoms with Gasteiger partial charge in [-0.1, -0.05) is 23.2 Å². The lowest BCUT2D eigenvalue weighted by Gasteiger charge is -2.19. The Morgan fingerprint density at radius 1 is 1.26 bits per heavy atom. The molecule has 0 aliphatic heterocycles. The zero-order chi connectivity index (χ0) is 14.6. The summed E-state index contributed by atoms with van der Waals surface area (Å²) in [5.41, 5.74) is 0. The number of alkyl halides is 3. The Hall–Kier alpha value is -1.14. The number of carbonyl (C=O) groups is 1. The average molecular weight is 316 g/mol. The molecule has 0 saturated carbocycles. The predicted octanol–water partition coefficient (Wildman–Crippen LogP) is 3.39. The zero-order valence-corrected chi connectivity index (χ0v) is 11.3. The van der Waals surface area contributed by atoms with E-state index in [0.717, 1.165) is 7.05 Å². The van der Waals surface area contributed by atoms with Crippen LogP contribution in [-0.4, -0.2) is 37.2 Å². The number of hydrogen-bond donors (Lipinski definition) is 0. The fraction of sp³-hybridized carbons (Fsp3) is 0.364. The molecule has 8 heteroatoms. The van der Waals surface area contributed by atoms with Crippen molar-refractivity contribution in [1.82, 2.24) is 4.90 Å². The molecule has 0 bridgehead atoms. The van der Waals surface area contributed by atoms with Gasteiger partial charge in [0, 0.05) is 17.1 Å². The van der Waals surface area contributed by atoms with E-state index in [0.29, 0.717) is 14.9 Å². The second kappa shape index (κ2) is 6.34. The third-order valence-electron chi connectivity index (χ3n) is 2.04. The van der Waals surface area contributed by atoms with E-state index in [2.05, 4.69) is 0 Å². The van der Waals surface area contributed by atoms with Gasteiger partial charge in [-0.2, -0.15) is 13.2 Å². The van der Waals surface area contributed by atoms with Crippen molar-refractivity contribution in [2.24, 2.45) is 0 Å². The van der Waals surface area contributed by atoms with Crippen LogP contribution in [0.2, 0.25) is 10.0 Å². The predicted molar refractivity (Wildman–Crippen MR) is 65.6 cm³/mol. The minimum atomic E-state index is -4.44. The average Bonchev–Trinajstić information content (AvgIpc) is 2.22. The first-order chi connectivity index (χ1) is 8.67. The van der Waals surface area contributed by atoms with Crippen molar-refractivity contribution >= 4 is 29.1 Å². The lowest BCUT2D eigenvalue weighted by atomic mass is 10.3. The van der Waals surface area contributed by atoms with Crippen LogP contribution in [0, 0.1) is 0 Å². The van der Waals surface area contributed by atoms with E-state index in [1.165, 1.54) is 18.2 Å². The fourth-order valence-electron chi connectivity index (χ4n) is 1.22. The lowest BCUT2D eigenvalue weighted by Crippen LogP contribution is -2.38. The van der Waals surface area contributed by atoms with Crippen LogP contribution in [0.1, 0.15) is 0 Å². The van der Waals surface area contributed by atoms with Gasteiger partial charge in [0.05, 0.1) is 0 Å². The Bertz CT molecular complexity index is 445. The van der Waals surface area contributed by atoms with Gasteiger partial charge in [0.2, 0.25) is 0 Å². The highest BCUT2D eigenvalue weighted by Gasteiger charge is 2.31. The standard InChI is InChI=1S/C11H10Cl2F3NO2/c1-17(6-11(14,15)16)10(18)5-19-9-3-7(12)2-8(13)4-9/h2-4H,5-6H2,1H3. The van der Waals surface area contributed by atoms with Gasteiger partial charge in [-0.15, -0.1) is 0 Å². The van der Waals surface area contributed by atoms with Crippen LogP contribution >= 0.6 is 23.2 Å². The number of halogens is 5. The van der Waals surface area contributed by atoms with Gasteiger partial charge in [0.1, 0.15) is 12.3 Å². The Balaban J connectivity index is 2.54. The second-order valence-electron chi connectivity index (χ2n) is 3.76. The number of nitrogens with zero attached hydrogens (tertiary/aromatic N) is 1. The smallest absolute Gasteiger partial charge is 0.406 e. The fourth-order valence-corrected chi connectivity index (χ4v) is 1.73. The Kier molecular flexibility index (Phi) is 5.31. The van der Waals surface area contributed by atoms with E-state index < -0.39 is 25.2 Å². The number of amides is 1. The second-order valence-corrected chi connectivity index (χ2v) is 4.63. The molecule has 0 aliphatic carbocycles. The number of benzene rings is 1. The van der Waals surface area contributed by atoms with E-state index >= 15 is 0 Å². The van der Waals surface area contributed by atoms with Crippen molar-refractivity contribution < 1.29 is 22.7 Å². The van der Waals surface area contributed by atoms with Crippen LogP contribution in [0.3, 0.4) is 0 Å². The van der Waals surface area contributed by atoms with Crippen LogP contribution in [0.5, 0.6) is 5.75 Å². The molecule has 0 aliphatic rings. The van der Waals surface area contributed by atoms with E-state index in [4.69, 9.17) is 27.9 Å². The van der Waals surface area contributed by atoms with Gasteiger partial charge in [-0.25, -0.2) is 0 Å². The molecular formula is C11H10Cl2F3NO2. The van der Waals surface area contributed by atoms with Gasteiger partial charge >= 0.3 is 6.18 Å². The first-order valence-electron chi connectivity index (χ1n) is 5.07. The Morgan fingerprint density at radius 3 is 2.26 bits per heavy atom. The maximum atomic E-state index is 12.1. The molecule has 1 amide bonds. The van der Waals surface area contributed by atoms with E-state index in [9.17, 15) is 18.0 Å². The molecule has 0 unspecified atom stereocenters. The zero-order valence-electron chi connectivity index (χ0n) is 9.80. The van der Waals surface area contributed by atoms with Crippen LogP contribution < -0.4 is 4.74 Å². The molecule has 0 atom stereocenters. The van der Waals surface area contributed by atoms with Crippen molar-refractivity contribution in [2.75, 3.05) is 20.2 Å². The topological polar surface area (TPSA) is 29.5 Å². The number of likely N-dealkylation sites (N-methyl/N-ethyl adjacent to an activating group) is 1. The van der Waals surface area contributed by atoms with Crippen molar-refractivity contribution in [3.8, 4) is 5.75 Å². The highest BCUT2D eigenvalue weighted by atomic mass is 35.5. The molecule has 19 heavy (non-hydrogen) atoms. The lowest BCUT2D eigenvalue weighted by molar-refractivity contribution is -0.159. The number of rotatable bonds is 4. The summed E-state index contributed by atoms with van der Waals surface area (Å²) in [5, 5.41) is 0.609. The van der Waals surface area contributed by atoms with E-state index in [-0.39, 0.29) is 5.75 Å². The maximum absolute atomic E-state index is 12.1. The van der Waals surface area contributed by atoms with Crippen LogP contribution in [0.4, 0.5) is 13.2 Å². The summed E-state index contributed by atoms with van der Waals surface area (Å²) in [7, 11) is 1.05. The quantitative estimate of drug-likeness (QED) is 0.852. The normalized spacial score (nSPS) is 11.3. The summed E-state index contributed by atoms with van der Waals surface area (Å²) < 4.78 is 41.2. The van der Waals surface area contributed by atoms with Crippen LogP contribution in [0.25, 0.3) is 0 Å². The first-order valence-corrected chi connectivity index (χ1v) is 5.82. The van der Waals surface area contributed by atoms with Gasteiger partial charge in [0.25, 0.3) is 5.91 Å². The van der Waals surface area contributed by atoms with Crippen LogP contribution in [-0.2, 0) is 4.79 Å². The van der Waals surface area contributed by atoms with Crippen LogP contribution in [0.15, 0.2) is 18.2 Å². The Morgan fingerprint density at radius 2 is 1.79 bits per heavy atom. The molecule has 3 nitrogen and oxygen atoms in total. The van der Waals surface area contributed by atoms with Crippen molar-refractivity contribution in [3.05, 3.63) is 28.2 Å². The monoisotopic (exact) mass is 315 g/mol. The molecule has 0 saturated heterocycles. The molecular weight excluding hydrogens is 306 g/mol. The third-order valence-corrected chi connectivity index (χ3v) is 2.48. The molecule has 0 N–H and O–H groups in total. The number of ether oxygens (including phenoxy) is 1. The highest BCUT2D eigenvalue weighted by molar-refractivity contribution is 6.34. The molecule has 0 aromatic heterocycles. The van der Waals surface area contributed by atoms with Crippen molar-refractivity contribution in [2.45, 2.75) is 6.18 Å². The van der Waals surface area contributed by atoms with Gasteiger partial charge in [-0.05, 0) is 18.2 Å². The molecule has 0 heterocycles. The summed E-state index contributed by atoms with van der Waals surface area (Å²) >= 11 is 11.4. The largest absolute Gasteiger partial charge is 0.484 e. The molecule has 1 aromatic rings. The minimum absolute atomic E-state index is 0.214. The van der Waals surface area contributed by atoms with Crippen molar-refractivity contribution in [3.63, 3.8) is 0 Å². The molecule has 1 aromatic carbocycles. The third kappa shape index (κ3) is 6.02. The summed E-state index contributed by atoms with van der Waals surface area (Å²) in [6.07, 6.45) is -4.44. The molecule has 106 valence electrons. The number of hydrogen-bond acceptors (Lipinski definition) is 2. The molecule has 0 radical (unpaired) electrons. The molecule has 0 fully saturated rings. The van der Waals surface area contributed by atoms with Gasteiger partial charge < -0.3 is 9.64 Å². The highest BCUT2D eigenvalue weighted by Crippen LogP contribution is 2.24. The van der Waals surface area contributed by atoms with E-state index in [1.54, 1.807) is 0 Å². The molecule has 1 rings (SSSR count). The maximum Gasteiger partial charge on any atom is 0.406 e. The Labute approximate surface area is 117 Å². The summed E-state index contributed by atoms with van der Waals surface area (Å²) in [6.45, 7) is -1.85. The summed E-state index contributed by atoms with van der Waals surface area (Å²) in [4.78, 5) is 11.9. The van der Waals surface area contributed by atoms with Crippen molar-refractivity contribution in [1.29, 1.82) is 0 Å². The summed E-state index contributed by atoms with van der Waals surface area (Å²) in [6, 6.07) is 4.28. The minimum Gasteiger partial charge on any atom is -0.484 e. The SMILES string of the molecule is CN(CC(F)(F)F)C(=O)COc1cc(Cl)cc(Cl)c1. The van der Waals surface area contributed by atoms with Gasteiger partial charge in [-0.3, -0.25) is 4.79 Å². The molecule has 0 spiro atoms. The first kappa shape index (κ1) is 15.9. The van der Waals surface area contributed by atoms with E-state index in [1.807, 2.05) is 0 Å². The number of carbonyl (C=O) groups excluding carboxylic acids is 1.